The van der Waals surface area contributed by atoms with Gasteiger partial charge in [0, 0.05) is 17.3 Å². The van der Waals surface area contributed by atoms with Gasteiger partial charge in [-0.2, -0.15) is 0 Å². The maximum Gasteiger partial charge on any atom is 0.341 e. The number of pyridine rings is 1. The Bertz CT molecular complexity index is 635. The van der Waals surface area contributed by atoms with Crippen LogP contribution in [0.4, 0.5) is 0 Å². The SMILES string of the molecule is COC(=O)c1cccc(-c2ccc(C=O)cn2)c1OC. The molecule has 0 saturated carbocycles. The van der Waals surface area contributed by atoms with E-state index in [2.05, 4.69) is 4.98 Å². The van der Waals surface area contributed by atoms with Gasteiger partial charge < -0.3 is 9.47 Å². The molecule has 0 saturated heterocycles. The Morgan fingerprint density at radius 1 is 1.20 bits per heavy atom. The van der Waals surface area contributed by atoms with E-state index >= 15 is 0 Å². The summed E-state index contributed by atoms with van der Waals surface area (Å²) in [7, 11) is 2.79. The largest absolute Gasteiger partial charge is 0.495 e. The van der Waals surface area contributed by atoms with Gasteiger partial charge in [0.25, 0.3) is 0 Å². The molecule has 0 N–H and O–H groups in total. The van der Waals surface area contributed by atoms with E-state index < -0.39 is 5.97 Å². The van der Waals surface area contributed by atoms with Crippen LogP contribution in [0.5, 0.6) is 5.75 Å². The highest BCUT2D eigenvalue weighted by Gasteiger charge is 2.17. The number of nitrogens with zero attached hydrogens (tertiary/aromatic N) is 1. The van der Waals surface area contributed by atoms with Crippen LogP contribution < -0.4 is 4.74 Å². The summed E-state index contributed by atoms with van der Waals surface area (Å²) in [6, 6.07) is 8.48. The van der Waals surface area contributed by atoms with Crippen LogP contribution in [0.1, 0.15) is 20.7 Å². The van der Waals surface area contributed by atoms with Gasteiger partial charge in [-0.3, -0.25) is 9.78 Å². The minimum atomic E-state index is -0.479. The van der Waals surface area contributed by atoms with Crippen molar-refractivity contribution in [2.75, 3.05) is 14.2 Å². The number of rotatable bonds is 4. The van der Waals surface area contributed by atoms with E-state index in [1.54, 1.807) is 30.3 Å². The molecule has 0 aliphatic rings. The molecule has 5 heteroatoms. The number of esters is 1. The third-order valence-corrected chi connectivity index (χ3v) is 2.82. The first kappa shape index (κ1) is 13.7. The van der Waals surface area contributed by atoms with Crippen LogP contribution in [-0.4, -0.2) is 31.5 Å². The van der Waals surface area contributed by atoms with Crippen molar-refractivity contribution in [2.24, 2.45) is 0 Å². The van der Waals surface area contributed by atoms with Gasteiger partial charge in [0.05, 0.1) is 19.9 Å². The number of aldehydes is 1. The summed E-state index contributed by atoms with van der Waals surface area (Å²) in [5.41, 5.74) is 2.08. The highest BCUT2D eigenvalue weighted by Crippen LogP contribution is 2.32. The summed E-state index contributed by atoms with van der Waals surface area (Å²) in [5, 5.41) is 0. The fourth-order valence-corrected chi connectivity index (χ4v) is 1.86. The minimum absolute atomic E-state index is 0.328. The van der Waals surface area contributed by atoms with Crippen LogP contribution in [0, 0.1) is 0 Å². The second-order valence-corrected chi connectivity index (χ2v) is 3.97. The lowest BCUT2D eigenvalue weighted by atomic mass is 10.0. The lowest BCUT2D eigenvalue weighted by Gasteiger charge is -2.11. The highest BCUT2D eigenvalue weighted by atomic mass is 16.5. The van der Waals surface area contributed by atoms with Gasteiger partial charge in [0.2, 0.25) is 0 Å². The predicted molar refractivity (Wildman–Crippen MR) is 73.0 cm³/mol. The standard InChI is InChI=1S/C15H13NO4/c1-19-14-11(4-3-5-12(14)15(18)20-2)13-7-6-10(9-17)8-16-13/h3-9H,1-2H3. The third-order valence-electron chi connectivity index (χ3n) is 2.82. The van der Waals surface area contributed by atoms with Gasteiger partial charge in [-0.15, -0.1) is 0 Å². The fourth-order valence-electron chi connectivity index (χ4n) is 1.86. The number of hydrogen-bond acceptors (Lipinski definition) is 5. The molecule has 2 aromatic rings. The molecular weight excluding hydrogens is 258 g/mol. The molecule has 1 aromatic carbocycles. The normalized spacial score (nSPS) is 9.90. The molecule has 0 spiro atoms. The number of hydrogen-bond donors (Lipinski definition) is 0. The Labute approximate surface area is 116 Å². The molecule has 20 heavy (non-hydrogen) atoms. The molecule has 0 aliphatic carbocycles. The lowest BCUT2D eigenvalue weighted by molar-refractivity contribution is 0.0597. The Kier molecular flexibility index (Phi) is 4.10. The maximum atomic E-state index is 11.7. The topological polar surface area (TPSA) is 65.5 Å². The van der Waals surface area contributed by atoms with E-state index in [4.69, 9.17) is 9.47 Å². The van der Waals surface area contributed by atoms with Crippen LogP contribution in [0.2, 0.25) is 0 Å². The third kappa shape index (κ3) is 2.51. The molecule has 0 unspecified atom stereocenters. The number of para-hydroxylation sites is 1. The van der Waals surface area contributed by atoms with Crippen molar-refractivity contribution in [2.45, 2.75) is 0 Å². The van der Waals surface area contributed by atoms with Gasteiger partial charge in [-0.05, 0) is 24.3 Å². The van der Waals surface area contributed by atoms with Crippen molar-refractivity contribution in [1.29, 1.82) is 0 Å². The average Bonchev–Trinajstić information content (AvgIpc) is 2.53. The van der Waals surface area contributed by atoms with Gasteiger partial charge in [0.15, 0.2) is 6.29 Å². The quantitative estimate of drug-likeness (QED) is 0.631. The number of aromatic nitrogens is 1. The van der Waals surface area contributed by atoms with Gasteiger partial charge in [-0.25, -0.2) is 4.79 Å². The Balaban J connectivity index is 2.55. The summed E-state index contributed by atoms with van der Waals surface area (Å²) in [5.74, 6) is -0.0843. The van der Waals surface area contributed by atoms with Gasteiger partial charge in [0.1, 0.15) is 11.3 Å². The van der Waals surface area contributed by atoms with Gasteiger partial charge >= 0.3 is 5.97 Å². The summed E-state index contributed by atoms with van der Waals surface area (Å²) in [4.78, 5) is 26.5. The van der Waals surface area contributed by atoms with E-state index in [1.165, 1.54) is 20.4 Å². The van der Waals surface area contributed by atoms with Crippen LogP contribution in [-0.2, 0) is 4.74 Å². The molecule has 1 heterocycles. The smallest absolute Gasteiger partial charge is 0.341 e. The zero-order valence-electron chi connectivity index (χ0n) is 11.1. The van der Waals surface area contributed by atoms with Crippen molar-refractivity contribution in [3.8, 4) is 17.0 Å². The number of carbonyl (C=O) groups is 2. The van der Waals surface area contributed by atoms with Crippen LogP contribution in [0.3, 0.4) is 0 Å². The molecule has 0 radical (unpaired) electrons. The summed E-state index contributed by atoms with van der Waals surface area (Å²) in [6.45, 7) is 0. The monoisotopic (exact) mass is 271 g/mol. The highest BCUT2D eigenvalue weighted by molar-refractivity contribution is 5.95. The van der Waals surface area contributed by atoms with Crippen LogP contribution in [0.15, 0.2) is 36.5 Å². The second-order valence-electron chi connectivity index (χ2n) is 3.97. The summed E-state index contributed by atoms with van der Waals surface area (Å²) in [6.07, 6.45) is 2.19. The molecule has 5 nitrogen and oxygen atoms in total. The zero-order valence-corrected chi connectivity index (χ0v) is 11.1. The number of methoxy groups -OCH3 is 2. The molecule has 0 aliphatic heterocycles. The molecule has 102 valence electrons. The van der Waals surface area contributed by atoms with Crippen molar-refractivity contribution in [3.63, 3.8) is 0 Å². The van der Waals surface area contributed by atoms with Crippen LogP contribution in [0.25, 0.3) is 11.3 Å². The summed E-state index contributed by atoms with van der Waals surface area (Å²) < 4.78 is 10.0. The predicted octanol–water partition coefficient (Wildman–Crippen LogP) is 2.36. The molecule has 0 bridgehead atoms. The molecular formula is C15H13NO4. The molecule has 0 amide bonds. The van der Waals surface area contributed by atoms with E-state index in [0.29, 0.717) is 28.1 Å². The number of carbonyl (C=O) groups excluding carboxylic acids is 2. The number of benzene rings is 1. The second kappa shape index (κ2) is 5.97. The van der Waals surface area contributed by atoms with E-state index in [9.17, 15) is 9.59 Å². The van der Waals surface area contributed by atoms with E-state index in [1.807, 2.05) is 0 Å². The van der Waals surface area contributed by atoms with Gasteiger partial charge in [-0.1, -0.05) is 6.07 Å². The van der Waals surface area contributed by atoms with Crippen molar-refractivity contribution in [3.05, 3.63) is 47.7 Å². The minimum Gasteiger partial charge on any atom is -0.495 e. The fraction of sp³-hybridized carbons (Fsp3) is 0.133. The van der Waals surface area contributed by atoms with Crippen molar-refractivity contribution in [1.82, 2.24) is 4.98 Å². The van der Waals surface area contributed by atoms with E-state index in [0.717, 1.165) is 6.29 Å². The van der Waals surface area contributed by atoms with E-state index in [-0.39, 0.29) is 0 Å². The molecule has 0 fully saturated rings. The number of ether oxygens (including phenoxy) is 2. The van der Waals surface area contributed by atoms with Crippen molar-refractivity contribution < 1.29 is 19.1 Å². The summed E-state index contributed by atoms with van der Waals surface area (Å²) >= 11 is 0. The molecule has 1 aromatic heterocycles. The maximum absolute atomic E-state index is 11.7. The first-order valence-corrected chi connectivity index (χ1v) is 5.88. The zero-order chi connectivity index (χ0) is 14.5. The van der Waals surface area contributed by atoms with Crippen LogP contribution >= 0.6 is 0 Å². The van der Waals surface area contributed by atoms with Crippen molar-refractivity contribution >= 4 is 12.3 Å². The Hall–Kier alpha value is -2.69. The first-order chi connectivity index (χ1) is 9.71. The molecule has 2 rings (SSSR count). The first-order valence-electron chi connectivity index (χ1n) is 5.88. The Morgan fingerprint density at radius 2 is 2.00 bits per heavy atom. The molecule has 0 atom stereocenters. The Morgan fingerprint density at radius 3 is 2.55 bits per heavy atom. The average molecular weight is 271 g/mol. The lowest BCUT2D eigenvalue weighted by Crippen LogP contribution is -2.05.